The normalized spacial score (nSPS) is 10.6. The number of nitrogens with one attached hydrogen (secondary N) is 1. The number of nitrogens with zero attached hydrogens (tertiary/aromatic N) is 2. The highest BCUT2D eigenvalue weighted by Crippen LogP contribution is 2.15. The SMILES string of the molecule is CC(=O)c1ccc(NC(=O)c2ccc(Cn3cc(Cl)cn3)o2)cc1. The van der Waals surface area contributed by atoms with Crippen LogP contribution in [0.25, 0.3) is 0 Å². The molecule has 0 aliphatic heterocycles. The van der Waals surface area contributed by atoms with Crippen LogP contribution in [0.5, 0.6) is 0 Å². The molecule has 0 atom stereocenters. The number of amides is 1. The van der Waals surface area contributed by atoms with Crippen LogP contribution >= 0.6 is 11.6 Å². The number of rotatable bonds is 5. The summed E-state index contributed by atoms with van der Waals surface area (Å²) >= 11 is 5.80. The largest absolute Gasteiger partial charge is 0.454 e. The highest BCUT2D eigenvalue weighted by molar-refractivity contribution is 6.30. The number of anilines is 1. The molecule has 2 heterocycles. The quantitative estimate of drug-likeness (QED) is 0.717. The summed E-state index contributed by atoms with van der Waals surface area (Å²) in [6.07, 6.45) is 3.20. The summed E-state index contributed by atoms with van der Waals surface area (Å²) in [5.74, 6) is 0.392. The second-order valence-corrected chi connectivity index (χ2v) is 5.65. The summed E-state index contributed by atoms with van der Waals surface area (Å²) in [7, 11) is 0. The van der Waals surface area contributed by atoms with E-state index in [4.69, 9.17) is 16.0 Å². The van der Waals surface area contributed by atoms with Gasteiger partial charge in [-0.05, 0) is 43.3 Å². The van der Waals surface area contributed by atoms with E-state index < -0.39 is 0 Å². The maximum absolute atomic E-state index is 12.2. The molecule has 0 aliphatic carbocycles. The van der Waals surface area contributed by atoms with E-state index in [0.717, 1.165) is 0 Å². The molecule has 2 aromatic heterocycles. The zero-order chi connectivity index (χ0) is 17.1. The Bertz CT molecular complexity index is 881. The summed E-state index contributed by atoms with van der Waals surface area (Å²) in [5.41, 5.74) is 1.17. The Morgan fingerprint density at radius 3 is 2.58 bits per heavy atom. The van der Waals surface area contributed by atoms with Gasteiger partial charge in [0.25, 0.3) is 5.91 Å². The number of Topliss-reactive ketones (excluding diaryl/α,β-unsaturated/α-hetero) is 1. The Hall–Kier alpha value is -2.86. The highest BCUT2D eigenvalue weighted by atomic mass is 35.5. The van der Waals surface area contributed by atoms with Crippen molar-refractivity contribution in [2.24, 2.45) is 0 Å². The zero-order valence-corrected chi connectivity index (χ0v) is 13.6. The lowest BCUT2D eigenvalue weighted by atomic mass is 10.1. The van der Waals surface area contributed by atoms with Gasteiger partial charge in [0.1, 0.15) is 5.76 Å². The number of halogens is 1. The molecule has 122 valence electrons. The molecule has 0 unspecified atom stereocenters. The van der Waals surface area contributed by atoms with E-state index >= 15 is 0 Å². The Morgan fingerprint density at radius 2 is 1.96 bits per heavy atom. The predicted octanol–water partition coefficient (Wildman–Crippen LogP) is 3.63. The van der Waals surface area contributed by atoms with Crippen molar-refractivity contribution >= 4 is 29.0 Å². The fourth-order valence-corrected chi connectivity index (χ4v) is 2.31. The lowest BCUT2D eigenvalue weighted by Crippen LogP contribution is -2.11. The summed E-state index contributed by atoms with van der Waals surface area (Å²) in [6, 6.07) is 9.97. The summed E-state index contributed by atoms with van der Waals surface area (Å²) in [4.78, 5) is 23.4. The molecule has 1 aromatic carbocycles. The number of ketones is 1. The van der Waals surface area contributed by atoms with Crippen LogP contribution in [0.15, 0.2) is 53.2 Å². The molecular weight excluding hydrogens is 330 g/mol. The van der Waals surface area contributed by atoms with Crippen LogP contribution in [0.1, 0.15) is 33.6 Å². The number of aromatic nitrogens is 2. The maximum Gasteiger partial charge on any atom is 0.291 e. The molecular formula is C17H14ClN3O3. The van der Waals surface area contributed by atoms with Gasteiger partial charge in [0.05, 0.1) is 17.8 Å². The van der Waals surface area contributed by atoms with Crippen molar-refractivity contribution in [2.45, 2.75) is 13.5 Å². The second-order valence-electron chi connectivity index (χ2n) is 5.21. The smallest absolute Gasteiger partial charge is 0.291 e. The van der Waals surface area contributed by atoms with Crippen LogP contribution in [0, 0.1) is 0 Å². The molecule has 0 bridgehead atoms. The van der Waals surface area contributed by atoms with Crippen LogP contribution in [0.3, 0.4) is 0 Å². The number of carbonyl (C=O) groups excluding carboxylic acids is 2. The molecule has 24 heavy (non-hydrogen) atoms. The molecule has 3 aromatic rings. The van der Waals surface area contributed by atoms with E-state index in [1.165, 1.54) is 13.1 Å². The Labute approximate surface area is 143 Å². The molecule has 7 heteroatoms. The van der Waals surface area contributed by atoms with Gasteiger partial charge in [0.2, 0.25) is 0 Å². The number of hydrogen-bond acceptors (Lipinski definition) is 4. The Morgan fingerprint density at radius 1 is 1.21 bits per heavy atom. The highest BCUT2D eigenvalue weighted by Gasteiger charge is 2.12. The first kappa shape index (κ1) is 16.0. The first-order valence-corrected chi connectivity index (χ1v) is 7.58. The third-order valence-corrected chi connectivity index (χ3v) is 3.55. The van der Waals surface area contributed by atoms with E-state index in [-0.39, 0.29) is 17.5 Å². The molecule has 1 amide bonds. The fraction of sp³-hybridized carbons (Fsp3) is 0.118. The van der Waals surface area contributed by atoms with E-state index in [2.05, 4.69) is 10.4 Å². The van der Waals surface area contributed by atoms with Crippen molar-refractivity contribution in [2.75, 3.05) is 5.32 Å². The number of benzene rings is 1. The monoisotopic (exact) mass is 343 g/mol. The summed E-state index contributed by atoms with van der Waals surface area (Å²) in [6.45, 7) is 1.87. The third kappa shape index (κ3) is 3.72. The molecule has 0 saturated carbocycles. The average Bonchev–Trinajstić information content (AvgIpc) is 3.17. The van der Waals surface area contributed by atoms with Gasteiger partial charge in [-0.15, -0.1) is 0 Å². The van der Waals surface area contributed by atoms with Crippen LogP contribution in [-0.4, -0.2) is 21.5 Å². The Balaban J connectivity index is 1.66. The standard InChI is InChI=1S/C17H14ClN3O3/c1-11(22)12-2-4-14(5-3-12)20-17(23)16-7-6-15(24-16)10-21-9-13(18)8-19-21/h2-9H,10H2,1H3,(H,20,23). The molecule has 0 saturated heterocycles. The minimum atomic E-state index is -0.365. The van der Waals surface area contributed by atoms with E-state index in [0.29, 0.717) is 28.6 Å². The van der Waals surface area contributed by atoms with Crippen molar-refractivity contribution in [1.82, 2.24) is 9.78 Å². The lowest BCUT2D eigenvalue weighted by molar-refractivity contribution is 0.0992. The fourth-order valence-electron chi connectivity index (χ4n) is 2.15. The number of hydrogen-bond donors (Lipinski definition) is 1. The average molecular weight is 344 g/mol. The van der Waals surface area contributed by atoms with Gasteiger partial charge in [-0.25, -0.2) is 0 Å². The number of carbonyl (C=O) groups is 2. The van der Waals surface area contributed by atoms with Gasteiger partial charge >= 0.3 is 0 Å². The second kappa shape index (κ2) is 6.72. The van der Waals surface area contributed by atoms with Crippen LogP contribution in [0.4, 0.5) is 5.69 Å². The zero-order valence-electron chi connectivity index (χ0n) is 12.8. The minimum Gasteiger partial charge on any atom is -0.454 e. The van der Waals surface area contributed by atoms with Crippen molar-refractivity contribution in [1.29, 1.82) is 0 Å². The molecule has 0 fully saturated rings. The molecule has 0 aliphatic rings. The van der Waals surface area contributed by atoms with Crippen molar-refractivity contribution in [3.05, 3.63) is 70.9 Å². The maximum atomic E-state index is 12.2. The van der Waals surface area contributed by atoms with Crippen molar-refractivity contribution < 1.29 is 14.0 Å². The van der Waals surface area contributed by atoms with Gasteiger partial charge in [0, 0.05) is 17.4 Å². The molecule has 0 radical (unpaired) electrons. The molecule has 0 spiro atoms. The molecule has 6 nitrogen and oxygen atoms in total. The van der Waals surface area contributed by atoms with E-state index in [1.807, 2.05) is 0 Å². The van der Waals surface area contributed by atoms with Gasteiger partial charge in [-0.3, -0.25) is 14.3 Å². The first-order chi connectivity index (χ1) is 11.5. The van der Waals surface area contributed by atoms with Gasteiger partial charge < -0.3 is 9.73 Å². The van der Waals surface area contributed by atoms with E-state index in [9.17, 15) is 9.59 Å². The molecule has 3 rings (SSSR count). The topological polar surface area (TPSA) is 77.1 Å². The van der Waals surface area contributed by atoms with Gasteiger partial charge in [-0.1, -0.05) is 11.6 Å². The molecule has 1 N–H and O–H groups in total. The third-order valence-electron chi connectivity index (χ3n) is 3.35. The van der Waals surface area contributed by atoms with Gasteiger partial charge in [0.15, 0.2) is 11.5 Å². The minimum absolute atomic E-state index is 0.0257. The van der Waals surface area contributed by atoms with Crippen LogP contribution in [-0.2, 0) is 6.54 Å². The number of furan rings is 1. The van der Waals surface area contributed by atoms with E-state index in [1.54, 1.807) is 47.3 Å². The predicted molar refractivity (Wildman–Crippen MR) is 89.4 cm³/mol. The Kier molecular flexibility index (Phi) is 4.48. The van der Waals surface area contributed by atoms with Crippen LogP contribution < -0.4 is 5.32 Å². The summed E-state index contributed by atoms with van der Waals surface area (Å²) in [5, 5.41) is 7.31. The summed E-state index contributed by atoms with van der Waals surface area (Å²) < 4.78 is 7.14. The van der Waals surface area contributed by atoms with Gasteiger partial charge in [-0.2, -0.15) is 5.10 Å². The van der Waals surface area contributed by atoms with Crippen LogP contribution in [0.2, 0.25) is 5.02 Å². The lowest BCUT2D eigenvalue weighted by Gasteiger charge is -2.04. The first-order valence-electron chi connectivity index (χ1n) is 7.20. The van der Waals surface area contributed by atoms with Crippen molar-refractivity contribution in [3.8, 4) is 0 Å². The van der Waals surface area contributed by atoms with Crippen molar-refractivity contribution in [3.63, 3.8) is 0 Å².